The number of amides is 2. The summed E-state index contributed by atoms with van der Waals surface area (Å²) in [5.74, 6) is -1.000. The van der Waals surface area contributed by atoms with Crippen molar-refractivity contribution in [3.63, 3.8) is 0 Å². The number of carbonyl (C=O) groups is 4. The highest BCUT2D eigenvalue weighted by Gasteiger charge is 2.30. The van der Waals surface area contributed by atoms with Crippen molar-refractivity contribution in [3.8, 4) is 0 Å². The van der Waals surface area contributed by atoms with Gasteiger partial charge in [0.05, 0.1) is 42.1 Å². The minimum absolute atomic E-state index is 0.0653. The molecule has 1 unspecified atom stereocenters. The minimum atomic E-state index is -0.694. The zero-order chi connectivity index (χ0) is 41.5. The van der Waals surface area contributed by atoms with Crippen LogP contribution in [0.25, 0.3) is 0 Å². The molecule has 0 aliphatic carbocycles. The van der Waals surface area contributed by atoms with E-state index in [1.165, 1.54) is 6.92 Å². The molecule has 1 saturated heterocycles. The number of carboxylic acids is 1. The molecule has 1 atom stereocenters. The average Bonchev–Trinajstić information content (AvgIpc) is 3.64. The molecule has 7 rings (SSSR count). The Morgan fingerprint density at radius 1 is 0.672 bits per heavy atom. The summed E-state index contributed by atoms with van der Waals surface area (Å²) in [6, 6.07) is 16.3. The number of ether oxygens (including phenoxy) is 2. The predicted octanol–water partition coefficient (Wildman–Crippen LogP) is 7.15. The summed E-state index contributed by atoms with van der Waals surface area (Å²) in [5, 5.41) is 18.4. The lowest BCUT2D eigenvalue weighted by atomic mass is 9.96. The van der Waals surface area contributed by atoms with E-state index in [4.69, 9.17) is 14.6 Å². The molecule has 0 spiro atoms. The molecule has 1 N–H and O–H groups in total. The van der Waals surface area contributed by atoms with E-state index in [0.717, 1.165) is 82.9 Å². The molecule has 0 saturated carbocycles. The van der Waals surface area contributed by atoms with Crippen LogP contribution in [0.1, 0.15) is 107 Å². The molecule has 14 heteroatoms. The van der Waals surface area contributed by atoms with Crippen molar-refractivity contribution in [3.05, 3.63) is 105 Å². The van der Waals surface area contributed by atoms with Crippen molar-refractivity contribution >= 4 is 23.9 Å². The first-order valence-corrected chi connectivity index (χ1v) is 20.3. The molecule has 2 aromatic heterocycles. The highest BCUT2D eigenvalue weighted by atomic mass is 16.6. The Labute approximate surface area is 340 Å². The summed E-state index contributed by atoms with van der Waals surface area (Å²) in [5.41, 5.74) is 9.92. The van der Waals surface area contributed by atoms with Crippen LogP contribution in [0, 0.1) is 33.6 Å². The second-order valence-corrected chi connectivity index (χ2v) is 16.1. The Kier molecular flexibility index (Phi) is 13.7. The van der Waals surface area contributed by atoms with Crippen molar-refractivity contribution < 1.29 is 33.8 Å². The smallest absolute Gasteiger partial charge is 0.410 e. The van der Waals surface area contributed by atoms with Gasteiger partial charge in [0.2, 0.25) is 0 Å². The number of aromatic nitrogens is 4. The maximum Gasteiger partial charge on any atom is 0.410 e. The number of aryl methyl sites for hydroxylation is 6. The van der Waals surface area contributed by atoms with Gasteiger partial charge in [-0.25, -0.2) is 9.59 Å². The highest BCUT2D eigenvalue weighted by molar-refractivity contribution is 5.92. The normalized spacial score (nSPS) is 16.5. The number of piperidine rings is 1. The number of rotatable bonds is 8. The largest absolute Gasteiger partial charge is 0.481 e. The molecule has 5 heterocycles. The number of nitrogens with zero attached hydrogens (tertiary/aromatic N) is 7. The Morgan fingerprint density at radius 3 is 1.60 bits per heavy atom. The number of carboxylic acid groups (broad SMARTS) is 1. The summed E-state index contributed by atoms with van der Waals surface area (Å²) in [7, 11) is 0. The lowest BCUT2D eigenvalue weighted by molar-refractivity contribution is -0.143. The monoisotopic (exact) mass is 795 g/mol. The maximum absolute atomic E-state index is 12.8. The third-order valence-electron chi connectivity index (χ3n) is 11.1. The van der Waals surface area contributed by atoms with Crippen LogP contribution in [0.2, 0.25) is 0 Å². The van der Waals surface area contributed by atoms with Crippen LogP contribution in [0.15, 0.2) is 48.5 Å². The predicted molar refractivity (Wildman–Crippen MR) is 217 cm³/mol. The third kappa shape index (κ3) is 10.9. The first-order chi connectivity index (χ1) is 27.7. The zero-order valence-corrected chi connectivity index (χ0v) is 34.7. The summed E-state index contributed by atoms with van der Waals surface area (Å²) in [4.78, 5) is 53.7. The van der Waals surface area contributed by atoms with Crippen molar-refractivity contribution in [1.29, 1.82) is 0 Å². The number of fused-ring (bicyclic) bond motifs is 2. The van der Waals surface area contributed by atoms with E-state index in [1.54, 1.807) is 15.9 Å². The highest BCUT2D eigenvalue weighted by Crippen LogP contribution is 2.28. The lowest BCUT2D eigenvalue weighted by Gasteiger charge is -2.33. The molecule has 0 radical (unpaired) electrons. The van der Waals surface area contributed by atoms with Crippen LogP contribution in [-0.4, -0.2) is 89.5 Å². The van der Waals surface area contributed by atoms with Gasteiger partial charge in [-0.1, -0.05) is 58.7 Å². The van der Waals surface area contributed by atoms with Crippen LogP contribution in [-0.2, 0) is 53.7 Å². The standard InChI is InChI=1S/C25H34N4O4.C19H23N3O3/c1-17-11-18(2)13-20(12-17)16-33-25(32)28-7-4-8-29-22(15-28)14-23(26-29)19(3)27-9-5-21(6-10-27)24(30)31;1-13-7-14(2)9-16(8-13)12-25-19(24)21-5-4-6-22-17(11-21)10-18(20-22)15(3)23/h11-14,19,21H,4-10,15-16H2,1-3H3,(H,30,31);7-10H,4-6,11-12H2,1-3H3. The Bertz CT molecular complexity index is 2080. The number of hydrogen-bond acceptors (Lipinski definition) is 9. The molecule has 1 fully saturated rings. The fraction of sp³-hybridized carbons (Fsp3) is 0.500. The molecule has 3 aliphatic rings. The Morgan fingerprint density at radius 2 is 1.14 bits per heavy atom. The van der Waals surface area contributed by atoms with Crippen molar-refractivity contribution in [2.75, 3.05) is 26.2 Å². The van der Waals surface area contributed by atoms with E-state index < -0.39 is 5.97 Å². The van der Waals surface area contributed by atoms with Gasteiger partial charge in [-0.3, -0.25) is 23.9 Å². The number of aliphatic carboxylic acids is 1. The van der Waals surface area contributed by atoms with Gasteiger partial charge in [0.1, 0.15) is 18.9 Å². The first-order valence-electron chi connectivity index (χ1n) is 20.3. The topological polar surface area (TPSA) is 152 Å². The van der Waals surface area contributed by atoms with E-state index in [2.05, 4.69) is 35.1 Å². The molecule has 0 bridgehead atoms. The molecule has 4 aromatic rings. The molecule has 310 valence electrons. The first kappa shape index (κ1) is 42.1. The van der Waals surface area contributed by atoms with Gasteiger partial charge in [-0.15, -0.1) is 0 Å². The molecule has 58 heavy (non-hydrogen) atoms. The van der Waals surface area contributed by atoms with Gasteiger partial charge in [0.25, 0.3) is 0 Å². The fourth-order valence-electron chi connectivity index (χ4n) is 8.13. The van der Waals surface area contributed by atoms with Crippen LogP contribution in [0.5, 0.6) is 0 Å². The van der Waals surface area contributed by atoms with Crippen molar-refractivity contribution in [2.45, 2.75) is 113 Å². The SMILES string of the molecule is CC(=O)c1cc2n(n1)CCCN(C(=O)OCc1cc(C)cc(C)c1)C2.Cc1cc(C)cc(COC(=O)N2CCCn3nc(C(C)N4CCC(C(=O)O)CC4)cc3C2)c1. The summed E-state index contributed by atoms with van der Waals surface area (Å²) >= 11 is 0. The molecular formula is C44H57N7O7. The van der Waals surface area contributed by atoms with Gasteiger partial charge in [0, 0.05) is 33.1 Å². The lowest BCUT2D eigenvalue weighted by Crippen LogP contribution is -2.38. The Hall–Kier alpha value is -5.50. The van der Waals surface area contributed by atoms with Crippen LogP contribution >= 0.6 is 0 Å². The summed E-state index contributed by atoms with van der Waals surface area (Å²) < 4.78 is 14.9. The molecule has 3 aliphatic heterocycles. The third-order valence-corrected chi connectivity index (χ3v) is 11.1. The van der Waals surface area contributed by atoms with Gasteiger partial charge < -0.3 is 24.4 Å². The second kappa shape index (κ2) is 18.8. The summed E-state index contributed by atoms with van der Waals surface area (Å²) in [6.07, 6.45) is 2.32. The quantitative estimate of drug-likeness (QED) is 0.182. The molecule has 2 aromatic carbocycles. The van der Waals surface area contributed by atoms with Gasteiger partial charge >= 0.3 is 18.2 Å². The zero-order valence-electron chi connectivity index (χ0n) is 34.7. The number of likely N-dealkylation sites (tertiary alicyclic amines) is 1. The number of hydrogen-bond donors (Lipinski definition) is 1. The van der Waals surface area contributed by atoms with E-state index >= 15 is 0 Å². The van der Waals surface area contributed by atoms with Crippen molar-refractivity contribution in [1.82, 2.24) is 34.3 Å². The maximum atomic E-state index is 12.8. The number of benzene rings is 2. The molecular weight excluding hydrogens is 739 g/mol. The number of Topliss-reactive ketones (excluding diaryl/α,β-unsaturated/α-hetero) is 1. The van der Waals surface area contributed by atoms with Crippen LogP contribution in [0.3, 0.4) is 0 Å². The van der Waals surface area contributed by atoms with E-state index in [-0.39, 0.29) is 43.1 Å². The fourth-order valence-corrected chi connectivity index (χ4v) is 8.13. The minimum Gasteiger partial charge on any atom is -0.481 e. The van der Waals surface area contributed by atoms with Gasteiger partial charge in [-0.05, 0) is 96.7 Å². The van der Waals surface area contributed by atoms with E-state index in [0.29, 0.717) is 51.3 Å². The molecule has 2 amide bonds. The number of carbonyl (C=O) groups excluding carboxylic acids is 3. The molecule has 14 nitrogen and oxygen atoms in total. The van der Waals surface area contributed by atoms with Crippen LogP contribution < -0.4 is 0 Å². The van der Waals surface area contributed by atoms with Crippen LogP contribution in [0.4, 0.5) is 9.59 Å². The van der Waals surface area contributed by atoms with E-state index in [9.17, 15) is 24.3 Å². The van der Waals surface area contributed by atoms with Crippen molar-refractivity contribution in [2.24, 2.45) is 5.92 Å². The summed E-state index contributed by atoms with van der Waals surface area (Å²) in [6.45, 7) is 17.4. The average molecular weight is 796 g/mol. The van der Waals surface area contributed by atoms with E-state index in [1.807, 2.05) is 61.3 Å². The number of ketones is 1. The second-order valence-electron chi connectivity index (χ2n) is 16.1. The Balaban J connectivity index is 0.000000203. The van der Waals surface area contributed by atoms with Gasteiger partial charge in [0.15, 0.2) is 5.78 Å². The van der Waals surface area contributed by atoms with Gasteiger partial charge in [-0.2, -0.15) is 10.2 Å².